The van der Waals surface area contributed by atoms with Crippen LogP contribution >= 0.6 is 0 Å². The summed E-state index contributed by atoms with van der Waals surface area (Å²) in [4.78, 5) is 11.6. The van der Waals surface area contributed by atoms with Gasteiger partial charge in [-0.1, -0.05) is 6.92 Å². The molecule has 1 aromatic heterocycles. The van der Waals surface area contributed by atoms with Crippen molar-refractivity contribution in [3.8, 4) is 0 Å². The molecular formula is C13H22N4O2. The number of ether oxygens (including phenoxy) is 1. The minimum absolute atomic E-state index is 0.0369. The van der Waals surface area contributed by atoms with E-state index < -0.39 is 0 Å². The smallest absolute Gasteiger partial charge is 0.238 e. The van der Waals surface area contributed by atoms with Gasteiger partial charge in [0.05, 0.1) is 31.1 Å². The zero-order chi connectivity index (χ0) is 13.5. The maximum absolute atomic E-state index is 11.6. The maximum Gasteiger partial charge on any atom is 0.238 e. The van der Waals surface area contributed by atoms with Gasteiger partial charge in [0, 0.05) is 12.8 Å². The Hall–Kier alpha value is -1.40. The first-order chi connectivity index (χ1) is 9.28. The second-order valence-electron chi connectivity index (χ2n) is 4.81. The Morgan fingerprint density at radius 2 is 2.53 bits per heavy atom. The van der Waals surface area contributed by atoms with Crippen molar-refractivity contribution in [2.45, 2.75) is 38.8 Å². The van der Waals surface area contributed by atoms with E-state index in [0.29, 0.717) is 6.54 Å². The molecule has 0 aromatic carbocycles. The zero-order valence-electron chi connectivity index (χ0n) is 11.4. The number of carbonyl (C=O) groups is 1. The molecule has 0 spiro atoms. The normalized spacial score (nSPS) is 18.7. The predicted molar refractivity (Wildman–Crippen MR) is 73.0 cm³/mol. The number of anilines is 1. The quantitative estimate of drug-likeness (QED) is 0.722. The molecule has 1 aromatic rings. The van der Waals surface area contributed by atoms with Gasteiger partial charge in [0.25, 0.3) is 0 Å². The van der Waals surface area contributed by atoms with Crippen LogP contribution in [0.1, 0.15) is 26.2 Å². The SMILES string of the molecule is CCCNCC(=O)Nc1cnn(CC2CCCO2)c1. The first kappa shape index (κ1) is 14.0. The zero-order valence-corrected chi connectivity index (χ0v) is 11.4. The summed E-state index contributed by atoms with van der Waals surface area (Å²) < 4.78 is 7.38. The molecule has 0 radical (unpaired) electrons. The lowest BCUT2D eigenvalue weighted by Crippen LogP contribution is -2.28. The van der Waals surface area contributed by atoms with Crippen molar-refractivity contribution in [2.24, 2.45) is 0 Å². The number of carbonyl (C=O) groups excluding carboxylic acids is 1. The van der Waals surface area contributed by atoms with Crippen LogP contribution in [0, 0.1) is 0 Å². The number of nitrogens with one attached hydrogen (secondary N) is 2. The summed E-state index contributed by atoms with van der Waals surface area (Å²) in [5.41, 5.74) is 0.737. The molecule has 2 N–H and O–H groups in total. The fourth-order valence-corrected chi connectivity index (χ4v) is 2.11. The van der Waals surface area contributed by atoms with E-state index in [0.717, 1.165) is 44.6 Å². The Morgan fingerprint density at radius 1 is 1.63 bits per heavy atom. The van der Waals surface area contributed by atoms with E-state index in [2.05, 4.69) is 22.7 Å². The Balaban J connectivity index is 1.75. The third-order valence-electron chi connectivity index (χ3n) is 3.04. The average molecular weight is 266 g/mol. The molecule has 6 heteroatoms. The van der Waals surface area contributed by atoms with Crippen molar-refractivity contribution in [1.82, 2.24) is 15.1 Å². The summed E-state index contributed by atoms with van der Waals surface area (Å²) in [6.45, 7) is 4.86. The number of nitrogens with zero attached hydrogens (tertiary/aromatic N) is 2. The molecular weight excluding hydrogens is 244 g/mol. The summed E-state index contributed by atoms with van der Waals surface area (Å²) in [6.07, 6.45) is 7.01. The summed E-state index contributed by atoms with van der Waals surface area (Å²) >= 11 is 0. The highest BCUT2D eigenvalue weighted by molar-refractivity contribution is 5.91. The molecule has 1 unspecified atom stereocenters. The minimum Gasteiger partial charge on any atom is -0.376 e. The molecule has 6 nitrogen and oxygen atoms in total. The molecule has 1 fully saturated rings. The topological polar surface area (TPSA) is 68.2 Å². The molecule has 0 saturated carbocycles. The monoisotopic (exact) mass is 266 g/mol. The molecule has 1 saturated heterocycles. The summed E-state index contributed by atoms with van der Waals surface area (Å²) in [5, 5.41) is 10.1. The van der Waals surface area contributed by atoms with Gasteiger partial charge in [-0.3, -0.25) is 9.48 Å². The number of rotatable bonds is 7. The number of hydrogen-bond donors (Lipinski definition) is 2. The predicted octanol–water partition coefficient (Wildman–Crippen LogP) is 1.00. The molecule has 2 heterocycles. The van der Waals surface area contributed by atoms with Crippen LogP contribution in [-0.4, -0.2) is 41.5 Å². The second-order valence-corrected chi connectivity index (χ2v) is 4.81. The summed E-state index contributed by atoms with van der Waals surface area (Å²) in [6, 6.07) is 0. The molecule has 1 aliphatic heterocycles. The standard InChI is InChI=1S/C13H22N4O2/c1-2-5-14-8-13(18)16-11-7-15-17(9-11)10-12-4-3-6-19-12/h7,9,12,14H,2-6,8,10H2,1H3,(H,16,18). The molecule has 19 heavy (non-hydrogen) atoms. The van der Waals surface area contributed by atoms with E-state index in [4.69, 9.17) is 4.74 Å². The minimum atomic E-state index is -0.0369. The second kappa shape index (κ2) is 7.25. The Bertz CT molecular complexity index is 399. The third kappa shape index (κ3) is 4.65. The van der Waals surface area contributed by atoms with Crippen molar-refractivity contribution in [3.63, 3.8) is 0 Å². The van der Waals surface area contributed by atoms with Crippen LogP contribution in [0.25, 0.3) is 0 Å². The fraction of sp³-hybridized carbons (Fsp3) is 0.692. The van der Waals surface area contributed by atoms with Gasteiger partial charge < -0.3 is 15.4 Å². The lowest BCUT2D eigenvalue weighted by atomic mass is 10.2. The van der Waals surface area contributed by atoms with Crippen LogP contribution in [0.3, 0.4) is 0 Å². The van der Waals surface area contributed by atoms with Crippen LogP contribution in [0.15, 0.2) is 12.4 Å². The lowest BCUT2D eigenvalue weighted by Gasteiger charge is -2.08. The fourth-order valence-electron chi connectivity index (χ4n) is 2.11. The molecule has 2 rings (SSSR count). The van der Waals surface area contributed by atoms with Gasteiger partial charge in [-0.2, -0.15) is 5.10 Å². The van der Waals surface area contributed by atoms with Crippen LogP contribution < -0.4 is 10.6 Å². The van der Waals surface area contributed by atoms with Crippen molar-refractivity contribution >= 4 is 11.6 Å². The third-order valence-corrected chi connectivity index (χ3v) is 3.04. The van der Waals surface area contributed by atoms with Gasteiger partial charge in [0.2, 0.25) is 5.91 Å². The van der Waals surface area contributed by atoms with Crippen LogP contribution in [0.5, 0.6) is 0 Å². The molecule has 1 atom stereocenters. The first-order valence-corrected chi connectivity index (χ1v) is 6.92. The van der Waals surface area contributed by atoms with Crippen LogP contribution in [0.2, 0.25) is 0 Å². The van der Waals surface area contributed by atoms with Crippen LogP contribution in [0.4, 0.5) is 5.69 Å². The summed E-state index contributed by atoms with van der Waals surface area (Å²) in [5.74, 6) is -0.0369. The van der Waals surface area contributed by atoms with Gasteiger partial charge in [-0.25, -0.2) is 0 Å². The first-order valence-electron chi connectivity index (χ1n) is 6.92. The van der Waals surface area contributed by atoms with E-state index in [1.54, 1.807) is 6.20 Å². The number of hydrogen-bond acceptors (Lipinski definition) is 4. The molecule has 0 bridgehead atoms. The van der Waals surface area contributed by atoms with Crippen LogP contribution in [-0.2, 0) is 16.1 Å². The average Bonchev–Trinajstić information content (AvgIpc) is 3.02. The van der Waals surface area contributed by atoms with E-state index in [9.17, 15) is 4.79 Å². The Labute approximate surface area is 113 Å². The molecule has 106 valence electrons. The number of aromatic nitrogens is 2. The van der Waals surface area contributed by atoms with Gasteiger partial charge in [0.15, 0.2) is 0 Å². The van der Waals surface area contributed by atoms with E-state index in [1.165, 1.54) is 0 Å². The van der Waals surface area contributed by atoms with Crippen molar-refractivity contribution in [1.29, 1.82) is 0 Å². The highest BCUT2D eigenvalue weighted by atomic mass is 16.5. The lowest BCUT2D eigenvalue weighted by molar-refractivity contribution is -0.115. The number of amides is 1. The van der Waals surface area contributed by atoms with Gasteiger partial charge in [0.1, 0.15) is 0 Å². The van der Waals surface area contributed by atoms with E-state index >= 15 is 0 Å². The van der Waals surface area contributed by atoms with Gasteiger partial charge >= 0.3 is 0 Å². The van der Waals surface area contributed by atoms with Crippen molar-refractivity contribution in [3.05, 3.63) is 12.4 Å². The van der Waals surface area contributed by atoms with Gasteiger partial charge in [-0.15, -0.1) is 0 Å². The maximum atomic E-state index is 11.6. The van der Waals surface area contributed by atoms with Gasteiger partial charge in [-0.05, 0) is 25.8 Å². The molecule has 1 amide bonds. The summed E-state index contributed by atoms with van der Waals surface area (Å²) in [7, 11) is 0. The molecule has 1 aliphatic rings. The van der Waals surface area contributed by atoms with Crippen molar-refractivity contribution < 1.29 is 9.53 Å². The Morgan fingerprint density at radius 3 is 3.26 bits per heavy atom. The highest BCUT2D eigenvalue weighted by Gasteiger charge is 2.16. The van der Waals surface area contributed by atoms with E-state index in [1.807, 2.05) is 10.9 Å². The Kier molecular flexibility index (Phi) is 5.35. The van der Waals surface area contributed by atoms with Crippen molar-refractivity contribution in [2.75, 3.05) is 25.0 Å². The highest BCUT2D eigenvalue weighted by Crippen LogP contribution is 2.14. The van der Waals surface area contributed by atoms with E-state index in [-0.39, 0.29) is 12.0 Å². The molecule has 0 aliphatic carbocycles. The largest absolute Gasteiger partial charge is 0.376 e.